The molecule has 3 unspecified atom stereocenters. The summed E-state index contributed by atoms with van der Waals surface area (Å²) in [5, 5.41) is 0. The first-order valence-electron chi connectivity index (χ1n) is 6.82. The van der Waals surface area contributed by atoms with Crippen LogP contribution >= 0.6 is 0 Å². The van der Waals surface area contributed by atoms with Gasteiger partial charge in [0.1, 0.15) is 5.82 Å². The first kappa shape index (κ1) is 13.5. The molecule has 1 aromatic carbocycles. The zero-order valence-electron chi connectivity index (χ0n) is 11.2. The third-order valence-corrected chi connectivity index (χ3v) is 4.11. The fraction of sp³-hybridized carbons (Fsp3) is 0.600. The molecular weight excluding hydrogens is 227 g/mol. The minimum Gasteiger partial charge on any atom is -0.271 e. The van der Waals surface area contributed by atoms with E-state index in [-0.39, 0.29) is 11.9 Å². The van der Waals surface area contributed by atoms with Gasteiger partial charge in [-0.05, 0) is 43.1 Å². The number of hydrogen-bond donors (Lipinski definition) is 2. The van der Waals surface area contributed by atoms with Crippen LogP contribution in [0.25, 0.3) is 0 Å². The molecule has 100 valence electrons. The molecule has 1 aliphatic carbocycles. The van der Waals surface area contributed by atoms with E-state index in [0.717, 1.165) is 12.8 Å². The van der Waals surface area contributed by atoms with Gasteiger partial charge in [-0.3, -0.25) is 11.3 Å². The minimum absolute atomic E-state index is 0.0728. The fourth-order valence-corrected chi connectivity index (χ4v) is 3.49. The summed E-state index contributed by atoms with van der Waals surface area (Å²) >= 11 is 0. The third kappa shape index (κ3) is 2.90. The second-order valence-corrected chi connectivity index (χ2v) is 5.84. The van der Waals surface area contributed by atoms with E-state index in [9.17, 15) is 4.39 Å². The number of nitrogens with two attached hydrogens (primary N) is 1. The molecule has 1 fully saturated rings. The Morgan fingerprint density at radius 2 is 1.78 bits per heavy atom. The van der Waals surface area contributed by atoms with Gasteiger partial charge in [0.15, 0.2) is 0 Å². The second kappa shape index (κ2) is 5.81. The molecule has 0 aliphatic heterocycles. The lowest BCUT2D eigenvalue weighted by Gasteiger charge is -2.36. The lowest BCUT2D eigenvalue weighted by atomic mass is 9.72. The Bertz CT molecular complexity index is 384. The van der Waals surface area contributed by atoms with Crippen molar-refractivity contribution >= 4 is 0 Å². The smallest absolute Gasteiger partial charge is 0.128 e. The molecule has 3 heteroatoms. The van der Waals surface area contributed by atoms with Crippen molar-refractivity contribution in [3.8, 4) is 0 Å². The van der Waals surface area contributed by atoms with Gasteiger partial charge in [0.2, 0.25) is 0 Å². The van der Waals surface area contributed by atoms with E-state index >= 15 is 0 Å². The van der Waals surface area contributed by atoms with Crippen LogP contribution in [0.3, 0.4) is 0 Å². The van der Waals surface area contributed by atoms with Crippen LogP contribution in [0, 0.1) is 23.6 Å². The van der Waals surface area contributed by atoms with E-state index in [1.165, 1.54) is 12.5 Å². The van der Waals surface area contributed by atoms with Crippen LogP contribution in [0.1, 0.15) is 44.7 Å². The van der Waals surface area contributed by atoms with Gasteiger partial charge in [-0.1, -0.05) is 32.0 Å². The first-order valence-corrected chi connectivity index (χ1v) is 6.82. The highest BCUT2D eigenvalue weighted by molar-refractivity contribution is 5.22. The second-order valence-electron chi connectivity index (χ2n) is 5.84. The Morgan fingerprint density at radius 1 is 1.17 bits per heavy atom. The number of benzene rings is 1. The normalized spacial score (nSPS) is 30.1. The van der Waals surface area contributed by atoms with E-state index in [1.807, 2.05) is 12.1 Å². The molecule has 1 saturated carbocycles. The average molecular weight is 250 g/mol. The van der Waals surface area contributed by atoms with Gasteiger partial charge in [0.05, 0.1) is 6.04 Å². The lowest BCUT2D eigenvalue weighted by molar-refractivity contribution is 0.175. The molecule has 0 amide bonds. The molecule has 0 saturated heterocycles. The highest BCUT2D eigenvalue weighted by Gasteiger charge is 2.31. The van der Waals surface area contributed by atoms with Gasteiger partial charge in [-0.15, -0.1) is 0 Å². The SMILES string of the molecule is CC1CC(C)CC(C(NN)c2ccccc2F)C1. The zero-order chi connectivity index (χ0) is 13.1. The lowest BCUT2D eigenvalue weighted by Crippen LogP contribution is -2.37. The number of nitrogens with one attached hydrogen (secondary N) is 1. The van der Waals surface area contributed by atoms with Crippen LogP contribution in [0.2, 0.25) is 0 Å². The maximum Gasteiger partial charge on any atom is 0.128 e. The molecule has 3 N–H and O–H groups in total. The summed E-state index contributed by atoms with van der Waals surface area (Å²) in [6.07, 6.45) is 3.51. The van der Waals surface area contributed by atoms with Crippen molar-refractivity contribution < 1.29 is 4.39 Å². The Labute approximate surface area is 109 Å². The van der Waals surface area contributed by atoms with Gasteiger partial charge in [0.25, 0.3) is 0 Å². The predicted molar refractivity (Wildman–Crippen MR) is 72.1 cm³/mol. The van der Waals surface area contributed by atoms with Crippen molar-refractivity contribution in [2.45, 2.75) is 39.2 Å². The minimum atomic E-state index is -0.161. The molecule has 3 atom stereocenters. The van der Waals surface area contributed by atoms with Crippen molar-refractivity contribution in [1.29, 1.82) is 0 Å². The first-order chi connectivity index (χ1) is 8.61. The largest absolute Gasteiger partial charge is 0.271 e. The van der Waals surface area contributed by atoms with Crippen LogP contribution < -0.4 is 11.3 Å². The third-order valence-electron chi connectivity index (χ3n) is 4.11. The fourth-order valence-electron chi connectivity index (χ4n) is 3.49. The maximum atomic E-state index is 13.9. The van der Waals surface area contributed by atoms with Gasteiger partial charge in [0, 0.05) is 5.56 Å². The monoisotopic (exact) mass is 250 g/mol. The summed E-state index contributed by atoms with van der Waals surface area (Å²) in [5.74, 6) is 7.33. The van der Waals surface area contributed by atoms with Crippen molar-refractivity contribution in [1.82, 2.24) is 5.43 Å². The Hall–Kier alpha value is -0.930. The summed E-state index contributed by atoms with van der Waals surface area (Å²) in [6, 6.07) is 6.87. The van der Waals surface area contributed by atoms with Gasteiger partial charge in [-0.2, -0.15) is 0 Å². The van der Waals surface area contributed by atoms with Crippen LogP contribution in [0.4, 0.5) is 4.39 Å². The molecule has 0 spiro atoms. The van der Waals surface area contributed by atoms with Crippen molar-refractivity contribution in [2.24, 2.45) is 23.6 Å². The van der Waals surface area contributed by atoms with Crippen LogP contribution in [0.5, 0.6) is 0 Å². The topological polar surface area (TPSA) is 38.0 Å². The van der Waals surface area contributed by atoms with E-state index in [0.29, 0.717) is 23.3 Å². The molecule has 2 nitrogen and oxygen atoms in total. The molecule has 1 aromatic rings. The van der Waals surface area contributed by atoms with Gasteiger partial charge < -0.3 is 0 Å². The van der Waals surface area contributed by atoms with Crippen molar-refractivity contribution in [3.63, 3.8) is 0 Å². The number of halogens is 1. The average Bonchev–Trinajstić information content (AvgIpc) is 2.31. The summed E-state index contributed by atoms with van der Waals surface area (Å²) in [7, 11) is 0. The molecule has 0 bridgehead atoms. The van der Waals surface area contributed by atoms with E-state index < -0.39 is 0 Å². The maximum absolute atomic E-state index is 13.9. The number of hydrogen-bond acceptors (Lipinski definition) is 2. The van der Waals surface area contributed by atoms with Gasteiger partial charge in [-0.25, -0.2) is 4.39 Å². The highest BCUT2D eigenvalue weighted by Crippen LogP contribution is 2.39. The Kier molecular flexibility index (Phi) is 4.36. The van der Waals surface area contributed by atoms with Crippen molar-refractivity contribution in [3.05, 3.63) is 35.6 Å². The molecule has 1 aliphatic rings. The molecule has 0 radical (unpaired) electrons. The predicted octanol–water partition coefficient (Wildman–Crippen LogP) is 3.40. The molecular formula is C15H23FN2. The van der Waals surface area contributed by atoms with Crippen LogP contribution in [0.15, 0.2) is 24.3 Å². The van der Waals surface area contributed by atoms with Gasteiger partial charge >= 0.3 is 0 Å². The zero-order valence-corrected chi connectivity index (χ0v) is 11.2. The Balaban J connectivity index is 2.20. The highest BCUT2D eigenvalue weighted by atomic mass is 19.1. The van der Waals surface area contributed by atoms with E-state index in [1.54, 1.807) is 6.07 Å². The quantitative estimate of drug-likeness (QED) is 0.637. The van der Waals surface area contributed by atoms with Crippen molar-refractivity contribution in [2.75, 3.05) is 0 Å². The Morgan fingerprint density at radius 3 is 2.33 bits per heavy atom. The van der Waals surface area contributed by atoms with Crippen LogP contribution in [-0.2, 0) is 0 Å². The van der Waals surface area contributed by atoms with E-state index in [4.69, 9.17) is 5.84 Å². The summed E-state index contributed by atoms with van der Waals surface area (Å²) < 4.78 is 13.9. The molecule has 0 heterocycles. The molecule has 0 aromatic heterocycles. The summed E-state index contributed by atoms with van der Waals surface area (Å²) in [6.45, 7) is 4.55. The standard InChI is InChI=1S/C15H23FN2/c1-10-7-11(2)9-12(8-10)15(18-17)13-5-3-4-6-14(13)16/h3-6,10-12,15,18H,7-9,17H2,1-2H3. The molecule has 2 rings (SSSR count). The summed E-state index contributed by atoms with van der Waals surface area (Å²) in [4.78, 5) is 0. The van der Waals surface area contributed by atoms with E-state index in [2.05, 4.69) is 19.3 Å². The number of hydrazine groups is 1. The van der Waals surface area contributed by atoms with Crippen LogP contribution in [-0.4, -0.2) is 0 Å². The molecule has 18 heavy (non-hydrogen) atoms. The summed E-state index contributed by atoms with van der Waals surface area (Å²) in [5.41, 5.74) is 3.53. The number of rotatable bonds is 3.